The lowest BCUT2D eigenvalue weighted by atomic mass is 10.1. The van der Waals surface area contributed by atoms with Gasteiger partial charge in [-0.2, -0.15) is 18.2 Å². The Bertz CT molecular complexity index is 835. The Hall–Kier alpha value is -2.50. The summed E-state index contributed by atoms with van der Waals surface area (Å²) in [6.07, 6.45) is -2.88. The van der Waals surface area contributed by atoms with Crippen molar-refractivity contribution in [2.24, 2.45) is 0 Å². The van der Waals surface area contributed by atoms with Crippen LogP contribution in [0.15, 0.2) is 28.8 Å². The zero-order chi connectivity index (χ0) is 22.3. The number of rotatable bonds is 10. The molecule has 0 N–H and O–H groups in total. The maximum atomic E-state index is 12.6. The van der Waals surface area contributed by atoms with Gasteiger partial charge in [-0.05, 0) is 18.4 Å². The van der Waals surface area contributed by atoms with Gasteiger partial charge < -0.3 is 23.6 Å². The molecule has 1 aromatic carbocycles. The van der Waals surface area contributed by atoms with E-state index in [1.165, 1.54) is 0 Å². The molecular formula is C20H24F3N3O5. The van der Waals surface area contributed by atoms with Gasteiger partial charge in [-0.3, -0.25) is 4.79 Å². The van der Waals surface area contributed by atoms with Crippen LogP contribution in [0.3, 0.4) is 0 Å². The molecule has 170 valence electrons. The molecule has 8 nitrogen and oxygen atoms in total. The van der Waals surface area contributed by atoms with E-state index >= 15 is 0 Å². The Morgan fingerprint density at radius 1 is 1.26 bits per heavy atom. The summed E-state index contributed by atoms with van der Waals surface area (Å²) in [5, 5.41) is 3.38. The van der Waals surface area contributed by atoms with Crippen molar-refractivity contribution >= 4 is 5.91 Å². The molecular weight excluding hydrogens is 419 g/mol. The average molecular weight is 443 g/mol. The Balaban J connectivity index is 1.65. The van der Waals surface area contributed by atoms with Crippen molar-refractivity contribution in [3.05, 3.63) is 35.7 Å². The van der Waals surface area contributed by atoms with E-state index < -0.39 is 12.1 Å². The highest BCUT2D eigenvalue weighted by Gasteiger charge is 2.38. The number of carbonyl (C=O) groups is 1. The fraction of sp³-hybridized carbons (Fsp3) is 0.550. The second-order valence-electron chi connectivity index (χ2n) is 7.07. The van der Waals surface area contributed by atoms with Crippen LogP contribution in [0.25, 0.3) is 11.4 Å². The lowest BCUT2D eigenvalue weighted by molar-refractivity contribution is -0.159. The first-order chi connectivity index (χ1) is 14.9. The molecule has 3 rings (SSSR count). The highest BCUT2D eigenvalue weighted by Crippen LogP contribution is 2.29. The molecule has 1 amide bonds. The Kier molecular flexibility index (Phi) is 7.99. The van der Waals surface area contributed by atoms with Crippen molar-refractivity contribution in [2.45, 2.75) is 31.7 Å². The highest BCUT2D eigenvalue weighted by molar-refractivity contribution is 5.77. The number of aromatic nitrogens is 2. The van der Waals surface area contributed by atoms with Gasteiger partial charge in [0.15, 0.2) is 0 Å². The standard InChI is InChI=1S/C20H24F3N3O5/c1-28-9-10-29-13-17(27)26(12-16-3-2-8-30-16)11-14-4-6-15(7-5-14)18-24-19(31-25-18)20(21,22)23/h4-7,16H,2-3,8-13H2,1H3. The molecule has 1 aliphatic rings. The maximum absolute atomic E-state index is 12.6. The van der Waals surface area contributed by atoms with Crippen molar-refractivity contribution in [2.75, 3.05) is 40.1 Å². The Morgan fingerprint density at radius 2 is 2.03 bits per heavy atom. The van der Waals surface area contributed by atoms with E-state index in [0.717, 1.165) is 18.4 Å². The molecule has 1 unspecified atom stereocenters. The van der Waals surface area contributed by atoms with Crippen molar-refractivity contribution in [1.29, 1.82) is 0 Å². The van der Waals surface area contributed by atoms with E-state index in [-0.39, 0.29) is 24.4 Å². The van der Waals surface area contributed by atoms with E-state index in [2.05, 4.69) is 14.7 Å². The maximum Gasteiger partial charge on any atom is 0.471 e. The van der Waals surface area contributed by atoms with Crippen molar-refractivity contribution in [1.82, 2.24) is 15.0 Å². The Morgan fingerprint density at radius 3 is 2.65 bits per heavy atom. The third-order valence-electron chi connectivity index (χ3n) is 4.71. The van der Waals surface area contributed by atoms with Gasteiger partial charge in [0.25, 0.3) is 0 Å². The molecule has 1 fully saturated rings. The summed E-state index contributed by atoms with van der Waals surface area (Å²) in [7, 11) is 1.55. The first-order valence-electron chi connectivity index (χ1n) is 9.83. The molecule has 0 spiro atoms. The number of amides is 1. The smallest absolute Gasteiger partial charge is 0.382 e. The number of alkyl halides is 3. The van der Waals surface area contributed by atoms with Gasteiger partial charge in [-0.15, -0.1) is 0 Å². The predicted molar refractivity (Wildman–Crippen MR) is 102 cm³/mol. The second kappa shape index (κ2) is 10.7. The van der Waals surface area contributed by atoms with E-state index in [1.54, 1.807) is 36.3 Å². The highest BCUT2D eigenvalue weighted by atomic mass is 19.4. The number of benzene rings is 1. The summed E-state index contributed by atoms with van der Waals surface area (Å²) in [6, 6.07) is 6.59. The van der Waals surface area contributed by atoms with E-state index in [4.69, 9.17) is 14.2 Å². The molecule has 0 aliphatic carbocycles. The van der Waals surface area contributed by atoms with E-state index in [1.807, 2.05) is 0 Å². The quantitative estimate of drug-likeness (QED) is 0.522. The SMILES string of the molecule is COCCOCC(=O)N(Cc1ccc(-c2noc(C(F)(F)F)n2)cc1)CC1CCCO1. The first kappa shape index (κ1) is 23.2. The predicted octanol–water partition coefficient (Wildman–Crippen LogP) is 2.93. The second-order valence-corrected chi connectivity index (χ2v) is 7.07. The zero-order valence-corrected chi connectivity index (χ0v) is 17.1. The zero-order valence-electron chi connectivity index (χ0n) is 17.1. The number of hydrogen-bond acceptors (Lipinski definition) is 7. The van der Waals surface area contributed by atoms with Gasteiger partial charge in [0.2, 0.25) is 11.7 Å². The van der Waals surface area contributed by atoms with Crippen LogP contribution >= 0.6 is 0 Å². The van der Waals surface area contributed by atoms with Crippen LogP contribution in [0, 0.1) is 0 Å². The summed E-state index contributed by atoms with van der Waals surface area (Å²) in [5.41, 5.74) is 1.18. The fourth-order valence-electron chi connectivity index (χ4n) is 3.12. The first-order valence-corrected chi connectivity index (χ1v) is 9.83. The lowest BCUT2D eigenvalue weighted by Gasteiger charge is -2.25. The number of halogens is 3. The van der Waals surface area contributed by atoms with Gasteiger partial charge in [0, 0.05) is 32.4 Å². The number of carbonyl (C=O) groups excluding carboxylic acids is 1. The molecule has 1 aromatic heterocycles. The molecule has 0 bridgehead atoms. The number of ether oxygens (including phenoxy) is 3. The minimum atomic E-state index is -4.69. The van der Waals surface area contributed by atoms with Crippen LogP contribution in [-0.2, 0) is 31.7 Å². The van der Waals surface area contributed by atoms with Gasteiger partial charge in [-0.1, -0.05) is 29.4 Å². The van der Waals surface area contributed by atoms with Crippen molar-refractivity contribution in [3.8, 4) is 11.4 Å². The normalized spacial score (nSPS) is 16.6. The fourth-order valence-corrected chi connectivity index (χ4v) is 3.12. The number of hydrogen-bond donors (Lipinski definition) is 0. The monoisotopic (exact) mass is 443 g/mol. The summed E-state index contributed by atoms with van der Waals surface area (Å²) < 4.78 is 58.1. The molecule has 0 radical (unpaired) electrons. The summed E-state index contributed by atoms with van der Waals surface area (Å²) in [4.78, 5) is 17.7. The third-order valence-corrected chi connectivity index (χ3v) is 4.71. The van der Waals surface area contributed by atoms with E-state index in [0.29, 0.717) is 38.5 Å². The summed E-state index contributed by atoms with van der Waals surface area (Å²) >= 11 is 0. The van der Waals surface area contributed by atoms with Crippen LogP contribution in [0.4, 0.5) is 13.2 Å². The minimum Gasteiger partial charge on any atom is -0.382 e. The number of nitrogens with zero attached hydrogens (tertiary/aromatic N) is 3. The van der Waals surface area contributed by atoms with Gasteiger partial charge >= 0.3 is 12.1 Å². The van der Waals surface area contributed by atoms with Crippen LogP contribution in [0.2, 0.25) is 0 Å². The average Bonchev–Trinajstić information content (AvgIpc) is 3.43. The molecule has 0 saturated carbocycles. The molecule has 1 atom stereocenters. The summed E-state index contributed by atoms with van der Waals surface area (Å²) in [5.74, 6) is -1.73. The Labute approximate surface area is 177 Å². The summed E-state index contributed by atoms with van der Waals surface area (Å²) in [6.45, 7) is 2.07. The minimum absolute atomic E-state index is 0.0256. The largest absolute Gasteiger partial charge is 0.471 e. The van der Waals surface area contributed by atoms with Gasteiger partial charge in [0.1, 0.15) is 6.61 Å². The van der Waals surface area contributed by atoms with Crippen LogP contribution in [0.5, 0.6) is 0 Å². The van der Waals surface area contributed by atoms with Gasteiger partial charge in [-0.25, -0.2) is 0 Å². The molecule has 1 saturated heterocycles. The molecule has 2 heterocycles. The van der Waals surface area contributed by atoms with Crippen molar-refractivity contribution < 1.29 is 36.7 Å². The molecule has 2 aromatic rings. The van der Waals surface area contributed by atoms with Crippen LogP contribution in [-0.4, -0.2) is 67.1 Å². The topological polar surface area (TPSA) is 86.9 Å². The van der Waals surface area contributed by atoms with Crippen LogP contribution < -0.4 is 0 Å². The molecule has 31 heavy (non-hydrogen) atoms. The van der Waals surface area contributed by atoms with E-state index in [9.17, 15) is 18.0 Å². The number of methoxy groups -OCH3 is 1. The molecule has 11 heteroatoms. The lowest BCUT2D eigenvalue weighted by Crippen LogP contribution is -2.39. The third kappa shape index (κ3) is 6.74. The van der Waals surface area contributed by atoms with Crippen molar-refractivity contribution in [3.63, 3.8) is 0 Å². The molecule has 1 aliphatic heterocycles. The van der Waals surface area contributed by atoms with Crippen LogP contribution in [0.1, 0.15) is 24.3 Å². The van der Waals surface area contributed by atoms with Gasteiger partial charge in [0.05, 0.1) is 19.3 Å².